The Morgan fingerprint density at radius 1 is 1.21 bits per heavy atom. The van der Waals surface area contributed by atoms with Crippen molar-refractivity contribution in [3.8, 4) is 6.07 Å². The number of amides is 1. The first-order valence-corrected chi connectivity index (χ1v) is 6.48. The summed E-state index contributed by atoms with van der Waals surface area (Å²) in [5.41, 5.74) is 2.82. The van der Waals surface area contributed by atoms with Crippen LogP contribution in [0.1, 0.15) is 21.5 Å². The molecule has 0 aliphatic carbocycles. The maximum atomic E-state index is 12.1. The van der Waals surface area contributed by atoms with Crippen LogP contribution < -0.4 is 5.32 Å². The number of carbonyl (C=O) groups excluding carboxylic acids is 1. The number of carbonyl (C=O) groups is 1. The van der Waals surface area contributed by atoms with Crippen molar-refractivity contribution in [1.29, 1.82) is 5.26 Å². The number of anilines is 1. The molecule has 94 valence electrons. The molecular weight excluding hydrogens is 304 g/mol. The minimum Gasteiger partial charge on any atom is -0.322 e. The molecule has 19 heavy (non-hydrogen) atoms. The third-order valence-corrected chi connectivity index (χ3v) is 3.76. The van der Waals surface area contributed by atoms with E-state index in [4.69, 9.17) is 5.26 Å². The molecule has 0 aliphatic rings. The molecule has 0 atom stereocenters. The highest BCUT2D eigenvalue weighted by molar-refractivity contribution is 9.10. The molecule has 2 aromatic carbocycles. The molecule has 1 amide bonds. The lowest BCUT2D eigenvalue weighted by molar-refractivity contribution is 0.102. The van der Waals surface area contributed by atoms with Gasteiger partial charge in [-0.05, 0) is 58.7 Å². The molecular formula is C15H11BrN2O. The summed E-state index contributed by atoms with van der Waals surface area (Å²) in [4.78, 5) is 12.1. The molecule has 0 bridgehead atoms. The van der Waals surface area contributed by atoms with Crippen LogP contribution in [0.3, 0.4) is 0 Å². The largest absolute Gasteiger partial charge is 0.322 e. The summed E-state index contributed by atoms with van der Waals surface area (Å²) in [6, 6.07) is 14.3. The van der Waals surface area contributed by atoms with Crippen molar-refractivity contribution >= 4 is 27.5 Å². The molecule has 0 unspecified atom stereocenters. The Kier molecular flexibility index (Phi) is 3.98. The van der Waals surface area contributed by atoms with Gasteiger partial charge in [-0.25, -0.2) is 0 Å². The van der Waals surface area contributed by atoms with Crippen LogP contribution in [0.15, 0.2) is 46.9 Å². The van der Waals surface area contributed by atoms with Crippen molar-refractivity contribution in [2.75, 3.05) is 5.32 Å². The summed E-state index contributed by atoms with van der Waals surface area (Å²) in [6.45, 7) is 1.93. The zero-order chi connectivity index (χ0) is 13.8. The van der Waals surface area contributed by atoms with Crippen LogP contribution in [-0.2, 0) is 0 Å². The summed E-state index contributed by atoms with van der Waals surface area (Å²) >= 11 is 3.41. The monoisotopic (exact) mass is 314 g/mol. The van der Waals surface area contributed by atoms with E-state index in [1.54, 1.807) is 30.3 Å². The van der Waals surface area contributed by atoms with Gasteiger partial charge in [-0.1, -0.05) is 12.1 Å². The number of benzene rings is 2. The van der Waals surface area contributed by atoms with Crippen molar-refractivity contribution in [2.24, 2.45) is 0 Å². The summed E-state index contributed by atoms with van der Waals surface area (Å²) < 4.78 is 0.793. The zero-order valence-corrected chi connectivity index (χ0v) is 11.9. The van der Waals surface area contributed by atoms with Gasteiger partial charge in [-0.2, -0.15) is 5.26 Å². The van der Waals surface area contributed by atoms with Gasteiger partial charge in [0.05, 0.1) is 17.2 Å². The SMILES string of the molecule is Cc1cccc(C(=O)Nc2ccc(C#N)cc2)c1Br. The van der Waals surface area contributed by atoms with Crippen molar-refractivity contribution < 1.29 is 4.79 Å². The summed E-state index contributed by atoms with van der Waals surface area (Å²) in [5, 5.41) is 11.5. The van der Waals surface area contributed by atoms with Crippen LogP contribution in [0.25, 0.3) is 0 Å². The molecule has 0 saturated heterocycles. The van der Waals surface area contributed by atoms with E-state index < -0.39 is 0 Å². The normalized spacial score (nSPS) is 9.74. The lowest BCUT2D eigenvalue weighted by Gasteiger charge is -2.08. The first-order valence-electron chi connectivity index (χ1n) is 5.68. The number of halogens is 1. The molecule has 0 saturated carbocycles. The third kappa shape index (κ3) is 3.01. The number of nitrogens with one attached hydrogen (secondary N) is 1. The van der Waals surface area contributed by atoms with Gasteiger partial charge < -0.3 is 5.32 Å². The Morgan fingerprint density at radius 3 is 2.53 bits per heavy atom. The number of hydrogen-bond acceptors (Lipinski definition) is 2. The highest BCUT2D eigenvalue weighted by Gasteiger charge is 2.11. The Balaban J connectivity index is 2.21. The van der Waals surface area contributed by atoms with Gasteiger partial charge in [0, 0.05) is 10.2 Å². The fourth-order valence-corrected chi connectivity index (χ4v) is 2.09. The van der Waals surface area contributed by atoms with E-state index in [1.807, 2.05) is 25.1 Å². The van der Waals surface area contributed by atoms with E-state index >= 15 is 0 Å². The van der Waals surface area contributed by atoms with Gasteiger partial charge in [-0.3, -0.25) is 4.79 Å². The Morgan fingerprint density at radius 2 is 1.89 bits per heavy atom. The molecule has 4 heteroatoms. The molecule has 0 aliphatic heterocycles. The average molecular weight is 315 g/mol. The van der Waals surface area contributed by atoms with E-state index in [2.05, 4.69) is 21.2 Å². The van der Waals surface area contributed by atoms with Crippen LogP contribution in [0, 0.1) is 18.3 Å². The Bertz CT molecular complexity index is 657. The number of rotatable bonds is 2. The fourth-order valence-electron chi connectivity index (χ4n) is 1.65. The van der Waals surface area contributed by atoms with Crippen molar-refractivity contribution in [2.45, 2.75) is 6.92 Å². The molecule has 0 aromatic heterocycles. The van der Waals surface area contributed by atoms with Gasteiger partial charge >= 0.3 is 0 Å². The summed E-state index contributed by atoms with van der Waals surface area (Å²) in [5.74, 6) is -0.180. The average Bonchev–Trinajstić information content (AvgIpc) is 2.42. The van der Waals surface area contributed by atoms with Crippen LogP contribution in [0.4, 0.5) is 5.69 Å². The van der Waals surface area contributed by atoms with Crippen molar-refractivity contribution in [1.82, 2.24) is 0 Å². The van der Waals surface area contributed by atoms with Gasteiger partial charge in [0.15, 0.2) is 0 Å². The Hall–Kier alpha value is -2.12. The van der Waals surface area contributed by atoms with Gasteiger partial charge in [0.1, 0.15) is 0 Å². The molecule has 1 N–H and O–H groups in total. The number of aryl methyl sites for hydroxylation is 1. The van der Waals surface area contributed by atoms with E-state index in [1.165, 1.54) is 0 Å². The Labute approximate surface area is 120 Å². The van der Waals surface area contributed by atoms with Crippen molar-refractivity contribution in [3.63, 3.8) is 0 Å². The van der Waals surface area contributed by atoms with Crippen LogP contribution in [0.5, 0.6) is 0 Å². The van der Waals surface area contributed by atoms with Gasteiger partial charge in [-0.15, -0.1) is 0 Å². The predicted molar refractivity (Wildman–Crippen MR) is 78.0 cm³/mol. The van der Waals surface area contributed by atoms with E-state index in [-0.39, 0.29) is 5.91 Å². The lowest BCUT2D eigenvalue weighted by Crippen LogP contribution is -2.12. The van der Waals surface area contributed by atoms with Crippen molar-refractivity contribution in [3.05, 3.63) is 63.6 Å². The minimum absolute atomic E-state index is 0.180. The molecule has 0 fully saturated rings. The predicted octanol–water partition coefficient (Wildman–Crippen LogP) is 3.88. The fraction of sp³-hybridized carbons (Fsp3) is 0.0667. The lowest BCUT2D eigenvalue weighted by atomic mass is 10.1. The summed E-state index contributed by atoms with van der Waals surface area (Å²) in [6.07, 6.45) is 0. The molecule has 0 heterocycles. The second-order valence-electron chi connectivity index (χ2n) is 4.08. The van der Waals surface area contributed by atoms with E-state index in [0.29, 0.717) is 16.8 Å². The van der Waals surface area contributed by atoms with E-state index in [0.717, 1.165) is 10.0 Å². The quantitative estimate of drug-likeness (QED) is 0.914. The second-order valence-corrected chi connectivity index (χ2v) is 4.87. The maximum absolute atomic E-state index is 12.1. The highest BCUT2D eigenvalue weighted by atomic mass is 79.9. The number of hydrogen-bond donors (Lipinski definition) is 1. The minimum atomic E-state index is -0.180. The summed E-state index contributed by atoms with van der Waals surface area (Å²) in [7, 11) is 0. The number of nitrogens with zero attached hydrogens (tertiary/aromatic N) is 1. The molecule has 3 nitrogen and oxygen atoms in total. The van der Waals surface area contributed by atoms with Gasteiger partial charge in [0.25, 0.3) is 5.91 Å². The first kappa shape index (κ1) is 13.3. The highest BCUT2D eigenvalue weighted by Crippen LogP contribution is 2.22. The first-order chi connectivity index (χ1) is 9.11. The number of nitriles is 1. The molecule has 0 spiro atoms. The van der Waals surface area contributed by atoms with Crippen LogP contribution >= 0.6 is 15.9 Å². The van der Waals surface area contributed by atoms with Crippen LogP contribution in [-0.4, -0.2) is 5.91 Å². The standard InChI is InChI=1S/C15H11BrN2O/c1-10-3-2-4-13(14(10)16)15(19)18-12-7-5-11(9-17)6-8-12/h2-8H,1H3,(H,18,19). The maximum Gasteiger partial charge on any atom is 0.256 e. The van der Waals surface area contributed by atoms with Crippen LogP contribution in [0.2, 0.25) is 0 Å². The zero-order valence-electron chi connectivity index (χ0n) is 10.3. The third-order valence-electron chi connectivity index (χ3n) is 2.71. The smallest absolute Gasteiger partial charge is 0.256 e. The molecule has 2 aromatic rings. The molecule has 0 radical (unpaired) electrons. The molecule has 2 rings (SSSR count). The van der Waals surface area contributed by atoms with E-state index in [9.17, 15) is 4.79 Å². The second kappa shape index (κ2) is 5.68. The topological polar surface area (TPSA) is 52.9 Å². The van der Waals surface area contributed by atoms with Gasteiger partial charge in [0.2, 0.25) is 0 Å².